The van der Waals surface area contributed by atoms with Gasteiger partial charge in [0.1, 0.15) is 18.1 Å². The Morgan fingerprint density at radius 2 is 2.11 bits per heavy atom. The van der Waals surface area contributed by atoms with Crippen molar-refractivity contribution in [2.24, 2.45) is 5.73 Å². The fraction of sp³-hybridized carbons (Fsp3) is 0.647. The van der Waals surface area contributed by atoms with Gasteiger partial charge in [-0.25, -0.2) is 15.0 Å². The topological polar surface area (TPSA) is 145 Å². The number of nitrogens with two attached hydrogens (primary N) is 2. The summed E-state index contributed by atoms with van der Waals surface area (Å²) in [6, 6.07) is 0. The van der Waals surface area contributed by atoms with Crippen LogP contribution in [0.5, 0.6) is 0 Å². The molecular formula is C17H27N7O3. The molecule has 0 bridgehead atoms. The summed E-state index contributed by atoms with van der Waals surface area (Å²) in [6.07, 6.45) is 6.53. The molecule has 2 aromatic heterocycles. The number of imidazole rings is 1. The van der Waals surface area contributed by atoms with E-state index in [4.69, 9.17) is 21.3 Å². The molecule has 3 rings (SSSR count). The van der Waals surface area contributed by atoms with Crippen LogP contribution in [0.3, 0.4) is 0 Å². The zero-order valence-electron chi connectivity index (χ0n) is 15.3. The summed E-state index contributed by atoms with van der Waals surface area (Å²) < 4.78 is 8.13. The van der Waals surface area contributed by atoms with Gasteiger partial charge in [0.05, 0.1) is 12.4 Å². The predicted molar refractivity (Wildman–Crippen MR) is 99.9 cm³/mol. The number of ether oxygens (including phenoxy) is 1. The van der Waals surface area contributed by atoms with Crippen LogP contribution in [0, 0.1) is 0 Å². The zero-order chi connectivity index (χ0) is 19.2. The monoisotopic (exact) mass is 377 g/mol. The van der Waals surface area contributed by atoms with Gasteiger partial charge in [0.15, 0.2) is 11.5 Å². The third-order valence-electron chi connectivity index (χ3n) is 4.79. The second-order valence-corrected chi connectivity index (χ2v) is 6.81. The highest BCUT2D eigenvalue weighted by Crippen LogP contribution is 2.31. The van der Waals surface area contributed by atoms with Crippen molar-refractivity contribution in [1.29, 1.82) is 0 Å². The summed E-state index contributed by atoms with van der Waals surface area (Å²) in [5, 5.41) is 8.84. The fourth-order valence-electron chi connectivity index (χ4n) is 3.46. The number of nitrogen functional groups attached to an aromatic ring is 1. The van der Waals surface area contributed by atoms with Gasteiger partial charge in [0.2, 0.25) is 0 Å². The van der Waals surface area contributed by atoms with Gasteiger partial charge in [-0.05, 0) is 45.3 Å². The number of fused-ring (bicyclic) bond motifs is 1. The lowest BCUT2D eigenvalue weighted by atomic mass is 10.2. The van der Waals surface area contributed by atoms with Crippen molar-refractivity contribution in [3.8, 4) is 0 Å². The standard InChI is InChI=1S/C17H27N7O3/c18-6-2-8-23(7-1-3-14(25)26)9-12-4-5-13(27-12)24-11-22-15-16(19)20-10-21-17(15)24/h10-13H,1-9,18H2,(H,25,26)(H2,19,20,21)/t12?,13-/m1/s1. The van der Waals surface area contributed by atoms with Crippen molar-refractivity contribution >= 4 is 23.0 Å². The maximum atomic E-state index is 10.8. The second kappa shape index (κ2) is 9.07. The number of carbonyl (C=O) groups is 1. The number of nitrogens with zero attached hydrogens (tertiary/aromatic N) is 5. The first kappa shape index (κ1) is 19.5. The average molecular weight is 377 g/mol. The van der Waals surface area contributed by atoms with Gasteiger partial charge >= 0.3 is 5.97 Å². The lowest BCUT2D eigenvalue weighted by Crippen LogP contribution is -2.35. The first-order valence-electron chi connectivity index (χ1n) is 9.31. The molecule has 3 heterocycles. The molecule has 10 heteroatoms. The quantitative estimate of drug-likeness (QED) is 0.542. The van der Waals surface area contributed by atoms with Crippen LogP contribution in [0.25, 0.3) is 11.2 Å². The van der Waals surface area contributed by atoms with E-state index in [0.717, 1.165) is 38.9 Å². The maximum absolute atomic E-state index is 10.8. The Kier molecular flexibility index (Phi) is 6.54. The molecule has 1 saturated heterocycles. The Bertz CT molecular complexity index is 766. The van der Waals surface area contributed by atoms with Crippen molar-refractivity contribution in [1.82, 2.24) is 24.4 Å². The normalized spacial score (nSPS) is 19.9. The molecule has 1 aliphatic rings. The molecule has 1 fully saturated rings. The van der Waals surface area contributed by atoms with Gasteiger partial charge in [-0.15, -0.1) is 0 Å². The number of anilines is 1. The Morgan fingerprint density at radius 1 is 1.30 bits per heavy atom. The minimum absolute atomic E-state index is 0.0780. The molecule has 0 radical (unpaired) electrons. The van der Waals surface area contributed by atoms with Gasteiger partial charge in [0.25, 0.3) is 0 Å². The second-order valence-electron chi connectivity index (χ2n) is 6.81. The van der Waals surface area contributed by atoms with E-state index in [1.54, 1.807) is 6.33 Å². The van der Waals surface area contributed by atoms with Crippen LogP contribution in [-0.2, 0) is 9.53 Å². The van der Waals surface area contributed by atoms with Crippen LogP contribution in [0.4, 0.5) is 5.82 Å². The Morgan fingerprint density at radius 3 is 2.89 bits per heavy atom. The van der Waals surface area contributed by atoms with E-state index in [2.05, 4.69) is 19.9 Å². The molecule has 5 N–H and O–H groups in total. The van der Waals surface area contributed by atoms with E-state index in [1.807, 2.05) is 4.57 Å². The van der Waals surface area contributed by atoms with Crippen molar-refractivity contribution in [2.45, 2.75) is 44.4 Å². The lowest BCUT2D eigenvalue weighted by Gasteiger charge is -2.25. The van der Waals surface area contributed by atoms with Crippen LogP contribution < -0.4 is 11.5 Å². The average Bonchev–Trinajstić information content (AvgIpc) is 3.26. The largest absolute Gasteiger partial charge is 0.481 e. The van der Waals surface area contributed by atoms with E-state index in [-0.39, 0.29) is 18.8 Å². The number of carboxylic acid groups (broad SMARTS) is 1. The van der Waals surface area contributed by atoms with Crippen molar-refractivity contribution in [3.63, 3.8) is 0 Å². The first-order chi connectivity index (χ1) is 13.1. The van der Waals surface area contributed by atoms with E-state index >= 15 is 0 Å². The van der Waals surface area contributed by atoms with Crippen LogP contribution >= 0.6 is 0 Å². The van der Waals surface area contributed by atoms with Crippen molar-refractivity contribution < 1.29 is 14.6 Å². The molecule has 2 aromatic rings. The molecule has 0 saturated carbocycles. The van der Waals surface area contributed by atoms with Crippen LogP contribution in [0.15, 0.2) is 12.7 Å². The van der Waals surface area contributed by atoms with E-state index < -0.39 is 5.97 Å². The van der Waals surface area contributed by atoms with E-state index in [1.165, 1.54) is 6.33 Å². The van der Waals surface area contributed by atoms with E-state index in [9.17, 15) is 4.79 Å². The highest BCUT2D eigenvalue weighted by atomic mass is 16.5. The Balaban J connectivity index is 1.59. The first-order valence-corrected chi connectivity index (χ1v) is 9.31. The number of aromatic nitrogens is 4. The lowest BCUT2D eigenvalue weighted by molar-refractivity contribution is -0.137. The summed E-state index contributed by atoms with van der Waals surface area (Å²) in [6.45, 7) is 2.96. The van der Waals surface area contributed by atoms with Gasteiger partial charge in [-0.3, -0.25) is 9.36 Å². The number of carboxylic acids is 1. The van der Waals surface area contributed by atoms with Gasteiger partial charge < -0.3 is 26.2 Å². The van der Waals surface area contributed by atoms with Crippen LogP contribution in [0.1, 0.15) is 38.3 Å². The number of hydrogen-bond donors (Lipinski definition) is 3. The molecule has 2 atom stereocenters. The molecule has 10 nitrogen and oxygen atoms in total. The maximum Gasteiger partial charge on any atom is 0.303 e. The molecule has 1 aliphatic heterocycles. The fourth-order valence-corrected chi connectivity index (χ4v) is 3.46. The molecule has 27 heavy (non-hydrogen) atoms. The highest BCUT2D eigenvalue weighted by Gasteiger charge is 2.29. The zero-order valence-corrected chi connectivity index (χ0v) is 15.3. The molecule has 148 valence electrons. The molecule has 0 aromatic carbocycles. The van der Waals surface area contributed by atoms with Gasteiger partial charge in [0, 0.05) is 13.0 Å². The summed E-state index contributed by atoms with van der Waals surface area (Å²) >= 11 is 0. The highest BCUT2D eigenvalue weighted by molar-refractivity contribution is 5.81. The number of hydrogen-bond acceptors (Lipinski definition) is 8. The molecule has 0 amide bonds. The number of aliphatic carboxylic acids is 1. The SMILES string of the molecule is NCCCN(CCCC(=O)O)CC1CC[C@H](n2cnc3c(N)ncnc32)O1. The summed E-state index contributed by atoms with van der Waals surface area (Å²) in [5.41, 5.74) is 12.7. The third-order valence-corrected chi connectivity index (χ3v) is 4.79. The van der Waals surface area contributed by atoms with E-state index in [0.29, 0.717) is 29.9 Å². The smallest absolute Gasteiger partial charge is 0.303 e. The Hall–Kier alpha value is -2.30. The summed E-state index contributed by atoms with van der Waals surface area (Å²) in [4.78, 5) is 25.5. The predicted octanol–water partition coefficient (Wildman–Crippen LogP) is 0.602. The third kappa shape index (κ3) is 4.90. The summed E-state index contributed by atoms with van der Waals surface area (Å²) in [7, 11) is 0. The number of rotatable bonds is 10. The van der Waals surface area contributed by atoms with Crippen molar-refractivity contribution in [2.75, 3.05) is 31.9 Å². The van der Waals surface area contributed by atoms with Gasteiger partial charge in [-0.1, -0.05) is 0 Å². The minimum atomic E-state index is -0.765. The molecule has 0 spiro atoms. The van der Waals surface area contributed by atoms with Crippen LogP contribution in [0.2, 0.25) is 0 Å². The molecule has 0 aliphatic carbocycles. The summed E-state index contributed by atoms with van der Waals surface area (Å²) in [5.74, 6) is -0.404. The minimum Gasteiger partial charge on any atom is -0.481 e. The molecule has 1 unspecified atom stereocenters. The van der Waals surface area contributed by atoms with Crippen molar-refractivity contribution in [3.05, 3.63) is 12.7 Å². The van der Waals surface area contributed by atoms with Gasteiger partial charge in [-0.2, -0.15) is 0 Å². The van der Waals surface area contributed by atoms with Crippen LogP contribution in [-0.4, -0.2) is 67.8 Å². The molecular weight excluding hydrogens is 350 g/mol. The Labute approximate surface area is 157 Å².